The molecule has 13 heteroatoms. The Labute approximate surface area is 204 Å². The van der Waals surface area contributed by atoms with Crippen molar-refractivity contribution < 1.29 is 34.2 Å². The summed E-state index contributed by atoms with van der Waals surface area (Å²) in [6, 6.07) is -4.67. The molecule has 3 amide bonds. The largest absolute Gasteiger partial charge is 0.481 e. The first-order valence-corrected chi connectivity index (χ1v) is 12.7. The molecule has 34 heavy (non-hydrogen) atoms. The van der Waals surface area contributed by atoms with E-state index in [2.05, 4.69) is 16.0 Å². The molecule has 0 aromatic rings. The average molecular weight is 506 g/mol. The van der Waals surface area contributed by atoms with Crippen LogP contribution in [0.25, 0.3) is 0 Å². The summed E-state index contributed by atoms with van der Waals surface area (Å²) in [7, 11) is 0. The third kappa shape index (κ3) is 12.2. The summed E-state index contributed by atoms with van der Waals surface area (Å²) < 4.78 is 0. The number of carboxylic acids is 2. The van der Waals surface area contributed by atoms with Crippen molar-refractivity contribution in [3.8, 4) is 0 Å². The van der Waals surface area contributed by atoms with Gasteiger partial charge in [-0.25, -0.2) is 4.79 Å². The first-order chi connectivity index (χ1) is 16.0. The topological polar surface area (TPSA) is 214 Å². The summed E-state index contributed by atoms with van der Waals surface area (Å²) in [5.41, 5.74) is 11.3. The van der Waals surface area contributed by atoms with Crippen molar-refractivity contribution in [2.45, 2.75) is 76.5 Å². The summed E-state index contributed by atoms with van der Waals surface area (Å²) in [6.45, 7) is 4.00. The molecule has 0 aliphatic rings. The molecule has 9 N–H and O–H groups in total. The fourth-order valence-electron chi connectivity index (χ4n) is 3.01. The second-order valence-corrected chi connectivity index (χ2v) is 9.09. The van der Waals surface area contributed by atoms with Gasteiger partial charge in [-0.15, -0.1) is 0 Å². The van der Waals surface area contributed by atoms with Gasteiger partial charge in [0.25, 0.3) is 0 Å². The normalized spacial score (nSPS) is 15.3. The van der Waals surface area contributed by atoms with E-state index in [4.69, 9.17) is 11.5 Å². The number of aliphatic carboxylic acids is 2. The minimum Gasteiger partial charge on any atom is -0.481 e. The van der Waals surface area contributed by atoms with Crippen LogP contribution >= 0.6 is 11.8 Å². The number of nitrogens with one attached hydrogen (secondary N) is 3. The Bertz CT molecular complexity index is 694. The van der Waals surface area contributed by atoms with Gasteiger partial charge in [0.05, 0.1) is 12.5 Å². The summed E-state index contributed by atoms with van der Waals surface area (Å²) in [6.07, 6.45) is 3.39. The molecule has 0 bridgehead atoms. The number of amides is 3. The van der Waals surface area contributed by atoms with E-state index in [9.17, 15) is 34.2 Å². The van der Waals surface area contributed by atoms with Crippen molar-refractivity contribution in [2.75, 3.05) is 18.6 Å². The van der Waals surface area contributed by atoms with E-state index >= 15 is 0 Å². The minimum absolute atomic E-state index is 0.129. The Hall–Kier alpha value is -2.38. The minimum atomic E-state index is -1.53. The lowest BCUT2D eigenvalue weighted by Gasteiger charge is -2.27. The zero-order chi connectivity index (χ0) is 26.3. The Morgan fingerprint density at radius 1 is 0.912 bits per heavy atom. The standard InChI is InChI=1S/C21H39N5O7S/c1-4-12(2)17(26-18(29)13(23)7-5-6-9-22)20(31)25-15(11-16(27)28)19(30)24-14(21(32)33)8-10-34-3/h12-15,17H,4-11,22-23H2,1-3H3,(H,24,30)(H,25,31)(H,26,29)(H,27,28)(H,32,33). The highest BCUT2D eigenvalue weighted by Crippen LogP contribution is 2.10. The first kappa shape index (κ1) is 31.6. The number of unbranched alkanes of at least 4 members (excludes halogenated alkanes) is 1. The lowest BCUT2D eigenvalue weighted by molar-refractivity contribution is -0.143. The van der Waals surface area contributed by atoms with Gasteiger partial charge in [0.2, 0.25) is 17.7 Å². The maximum Gasteiger partial charge on any atom is 0.326 e. The highest BCUT2D eigenvalue weighted by atomic mass is 32.2. The highest BCUT2D eigenvalue weighted by molar-refractivity contribution is 7.98. The summed E-state index contributed by atoms with van der Waals surface area (Å²) in [4.78, 5) is 60.9. The Balaban J connectivity index is 5.45. The van der Waals surface area contributed by atoms with E-state index in [1.807, 2.05) is 6.92 Å². The van der Waals surface area contributed by atoms with Crippen molar-refractivity contribution >= 4 is 41.4 Å². The molecular formula is C21H39N5O7S. The van der Waals surface area contributed by atoms with Crippen molar-refractivity contribution in [3.63, 3.8) is 0 Å². The maximum atomic E-state index is 13.0. The van der Waals surface area contributed by atoms with Crippen molar-refractivity contribution in [2.24, 2.45) is 17.4 Å². The zero-order valence-electron chi connectivity index (χ0n) is 20.0. The van der Waals surface area contributed by atoms with Gasteiger partial charge >= 0.3 is 11.9 Å². The lowest BCUT2D eigenvalue weighted by atomic mass is 9.97. The fourth-order valence-corrected chi connectivity index (χ4v) is 3.48. The molecule has 0 saturated heterocycles. The number of carbonyl (C=O) groups is 5. The quantitative estimate of drug-likeness (QED) is 0.116. The van der Waals surface area contributed by atoms with Crippen LogP contribution in [0.15, 0.2) is 0 Å². The van der Waals surface area contributed by atoms with Gasteiger partial charge < -0.3 is 37.6 Å². The maximum absolute atomic E-state index is 13.0. The number of nitrogens with two attached hydrogens (primary N) is 2. The molecule has 0 heterocycles. The molecule has 0 saturated carbocycles. The van der Waals surface area contributed by atoms with E-state index in [1.165, 1.54) is 11.8 Å². The third-order valence-corrected chi connectivity index (χ3v) is 5.98. The molecule has 0 aliphatic heterocycles. The van der Waals surface area contributed by atoms with E-state index < -0.39 is 60.2 Å². The van der Waals surface area contributed by atoms with Gasteiger partial charge in [0.1, 0.15) is 18.1 Å². The van der Waals surface area contributed by atoms with Gasteiger partial charge in [0, 0.05) is 0 Å². The predicted molar refractivity (Wildman–Crippen MR) is 129 cm³/mol. The zero-order valence-corrected chi connectivity index (χ0v) is 20.9. The smallest absolute Gasteiger partial charge is 0.326 e. The van der Waals surface area contributed by atoms with Gasteiger partial charge in [-0.3, -0.25) is 19.2 Å². The molecule has 0 spiro atoms. The second-order valence-electron chi connectivity index (χ2n) is 8.10. The molecule has 0 aromatic heterocycles. The van der Waals surface area contributed by atoms with Crippen molar-refractivity contribution in [3.05, 3.63) is 0 Å². The van der Waals surface area contributed by atoms with Crippen LogP contribution in [0.5, 0.6) is 0 Å². The Morgan fingerprint density at radius 2 is 1.53 bits per heavy atom. The van der Waals surface area contributed by atoms with E-state index in [-0.39, 0.29) is 12.3 Å². The van der Waals surface area contributed by atoms with Crippen LogP contribution in [0.4, 0.5) is 0 Å². The van der Waals surface area contributed by atoms with Crippen molar-refractivity contribution in [1.29, 1.82) is 0 Å². The molecule has 0 radical (unpaired) electrons. The molecule has 0 aliphatic carbocycles. The van der Waals surface area contributed by atoms with Crippen LogP contribution in [0.2, 0.25) is 0 Å². The van der Waals surface area contributed by atoms with E-state index in [0.29, 0.717) is 38.0 Å². The second kappa shape index (κ2) is 17.1. The number of carbonyl (C=O) groups excluding carboxylic acids is 3. The molecule has 5 unspecified atom stereocenters. The van der Waals surface area contributed by atoms with Crippen molar-refractivity contribution in [1.82, 2.24) is 16.0 Å². The summed E-state index contributed by atoms with van der Waals surface area (Å²) in [5.74, 6) is -4.74. The molecule has 196 valence electrons. The van der Waals surface area contributed by atoms with Crippen LogP contribution < -0.4 is 27.4 Å². The van der Waals surface area contributed by atoms with Crippen LogP contribution in [0.3, 0.4) is 0 Å². The Morgan fingerprint density at radius 3 is 2.03 bits per heavy atom. The average Bonchev–Trinajstić information content (AvgIpc) is 2.78. The lowest BCUT2D eigenvalue weighted by Crippen LogP contribution is -2.59. The first-order valence-electron chi connectivity index (χ1n) is 11.3. The molecule has 12 nitrogen and oxygen atoms in total. The van der Waals surface area contributed by atoms with Gasteiger partial charge in [-0.2, -0.15) is 11.8 Å². The molecule has 0 fully saturated rings. The third-order valence-electron chi connectivity index (χ3n) is 5.34. The van der Waals surface area contributed by atoms with E-state index in [0.717, 1.165) is 0 Å². The Kier molecular flexibility index (Phi) is 15.9. The highest BCUT2D eigenvalue weighted by Gasteiger charge is 2.33. The summed E-state index contributed by atoms with van der Waals surface area (Å²) >= 11 is 1.39. The number of hydrogen-bond donors (Lipinski definition) is 7. The van der Waals surface area contributed by atoms with E-state index in [1.54, 1.807) is 13.2 Å². The van der Waals surface area contributed by atoms with Crippen LogP contribution in [-0.4, -0.2) is 82.6 Å². The molecule has 5 atom stereocenters. The number of thioether (sulfide) groups is 1. The van der Waals surface area contributed by atoms with Gasteiger partial charge in [0.15, 0.2) is 0 Å². The number of rotatable bonds is 18. The van der Waals surface area contributed by atoms with Crippen LogP contribution in [0, 0.1) is 5.92 Å². The summed E-state index contributed by atoms with van der Waals surface area (Å²) in [5, 5.41) is 25.8. The monoisotopic (exact) mass is 505 g/mol. The number of hydrogen-bond acceptors (Lipinski definition) is 8. The molecular weight excluding hydrogens is 466 g/mol. The molecule has 0 rings (SSSR count). The van der Waals surface area contributed by atoms with Crippen LogP contribution in [0.1, 0.15) is 52.4 Å². The fraction of sp³-hybridized carbons (Fsp3) is 0.762. The number of carboxylic acid groups (broad SMARTS) is 2. The SMILES string of the molecule is CCC(C)C(NC(=O)C(N)CCCCN)C(=O)NC(CC(=O)O)C(=O)NC(CCSC)C(=O)O. The van der Waals surface area contributed by atoms with Gasteiger partial charge in [-0.05, 0) is 43.7 Å². The van der Waals surface area contributed by atoms with Crippen LogP contribution in [-0.2, 0) is 24.0 Å². The molecule has 0 aromatic carbocycles. The van der Waals surface area contributed by atoms with Gasteiger partial charge in [-0.1, -0.05) is 26.7 Å². The predicted octanol–water partition coefficient (Wildman–Crippen LogP) is -0.744.